The van der Waals surface area contributed by atoms with Gasteiger partial charge in [0.25, 0.3) is 5.91 Å². The number of amides is 1. The second-order valence-corrected chi connectivity index (χ2v) is 5.43. The van der Waals surface area contributed by atoms with Gasteiger partial charge in [0.1, 0.15) is 6.04 Å². The van der Waals surface area contributed by atoms with Crippen LogP contribution in [0.15, 0.2) is 24.3 Å². The van der Waals surface area contributed by atoms with Crippen LogP contribution in [-0.2, 0) is 11.3 Å². The van der Waals surface area contributed by atoms with Crippen LogP contribution in [0, 0.1) is 0 Å². The number of carboxylic acid groups (broad SMARTS) is 1. The fourth-order valence-corrected chi connectivity index (χ4v) is 2.55. The van der Waals surface area contributed by atoms with Gasteiger partial charge in [-0.25, -0.2) is 4.79 Å². The average molecular weight is 276 g/mol. The van der Waals surface area contributed by atoms with Crippen LogP contribution in [0.5, 0.6) is 0 Å². The number of carbonyl (C=O) groups excluding carboxylic acids is 1. The molecule has 1 aliphatic rings. The number of likely N-dealkylation sites (tertiary alicyclic amines) is 1. The van der Waals surface area contributed by atoms with E-state index in [2.05, 4.69) is 4.90 Å². The van der Waals surface area contributed by atoms with Crippen LogP contribution >= 0.6 is 0 Å². The minimum Gasteiger partial charge on any atom is -0.480 e. The summed E-state index contributed by atoms with van der Waals surface area (Å²) >= 11 is 0. The third kappa shape index (κ3) is 3.17. The van der Waals surface area contributed by atoms with Crippen molar-refractivity contribution in [2.24, 2.45) is 0 Å². The summed E-state index contributed by atoms with van der Waals surface area (Å²) in [6, 6.07) is 6.71. The zero-order valence-corrected chi connectivity index (χ0v) is 11.9. The molecule has 0 spiro atoms. The van der Waals surface area contributed by atoms with Crippen LogP contribution in [0.3, 0.4) is 0 Å². The molecule has 5 nitrogen and oxygen atoms in total. The number of rotatable bonds is 4. The molecule has 0 aromatic heterocycles. The first-order valence-corrected chi connectivity index (χ1v) is 6.76. The van der Waals surface area contributed by atoms with E-state index in [1.54, 1.807) is 12.1 Å². The molecule has 1 aromatic rings. The minimum atomic E-state index is -0.917. The van der Waals surface area contributed by atoms with E-state index >= 15 is 0 Å². The monoisotopic (exact) mass is 276 g/mol. The van der Waals surface area contributed by atoms with Gasteiger partial charge in [-0.05, 0) is 44.6 Å². The van der Waals surface area contributed by atoms with Crippen molar-refractivity contribution >= 4 is 11.9 Å². The zero-order chi connectivity index (χ0) is 14.7. The standard InChI is InChI=1S/C15H20N2O3/c1-16(2)10-11-5-7-12(8-6-11)14(18)17-9-3-4-13(17)15(19)20/h5-8,13H,3-4,9-10H2,1-2H3,(H,19,20)/t13-/m0/s1. The summed E-state index contributed by atoms with van der Waals surface area (Å²) < 4.78 is 0. The fourth-order valence-electron chi connectivity index (χ4n) is 2.55. The molecule has 1 saturated heterocycles. The molecule has 1 aromatic carbocycles. The first kappa shape index (κ1) is 14.5. The molecule has 0 bridgehead atoms. The molecule has 1 fully saturated rings. The molecule has 2 rings (SSSR count). The molecule has 1 aliphatic heterocycles. The number of benzene rings is 1. The van der Waals surface area contributed by atoms with Crippen molar-refractivity contribution in [3.8, 4) is 0 Å². The summed E-state index contributed by atoms with van der Waals surface area (Å²) in [5.41, 5.74) is 1.68. The van der Waals surface area contributed by atoms with Gasteiger partial charge in [-0.1, -0.05) is 12.1 Å². The molecule has 5 heteroatoms. The predicted molar refractivity (Wildman–Crippen MR) is 75.5 cm³/mol. The average Bonchev–Trinajstić information content (AvgIpc) is 2.87. The van der Waals surface area contributed by atoms with Crippen molar-refractivity contribution in [2.45, 2.75) is 25.4 Å². The van der Waals surface area contributed by atoms with Gasteiger partial charge in [0.05, 0.1) is 0 Å². The van der Waals surface area contributed by atoms with Crippen molar-refractivity contribution < 1.29 is 14.7 Å². The predicted octanol–water partition coefficient (Wildman–Crippen LogP) is 1.44. The van der Waals surface area contributed by atoms with Crippen molar-refractivity contribution in [2.75, 3.05) is 20.6 Å². The van der Waals surface area contributed by atoms with Gasteiger partial charge in [-0.3, -0.25) is 4.79 Å². The van der Waals surface area contributed by atoms with Crippen molar-refractivity contribution in [3.63, 3.8) is 0 Å². The number of hydrogen-bond donors (Lipinski definition) is 1. The molecule has 1 N–H and O–H groups in total. The maximum Gasteiger partial charge on any atom is 0.326 e. The van der Waals surface area contributed by atoms with Crippen LogP contribution in [-0.4, -0.2) is 53.5 Å². The van der Waals surface area contributed by atoms with Crippen LogP contribution in [0.1, 0.15) is 28.8 Å². The number of carboxylic acids is 1. The SMILES string of the molecule is CN(C)Cc1ccc(C(=O)N2CCC[C@H]2C(=O)O)cc1. The van der Waals surface area contributed by atoms with E-state index in [-0.39, 0.29) is 5.91 Å². The van der Waals surface area contributed by atoms with Crippen molar-refractivity contribution in [1.82, 2.24) is 9.80 Å². The molecule has 108 valence electrons. The van der Waals surface area contributed by atoms with Crippen LogP contribution in [0.4, 0.5) is 0 Å². The topological polar surface area (TPSA) is 60.9 Å². The van der Waals surface area contributed by atoms with Gasteiger partial charge < -0.3 is 14.9 Å². The summed E-state index contributed by atoms with van der Waals surface area (Å²) in [7, 11) is 3.97. The van der Waals surface area contributed by atoms with Crippen LogP contribution in [0.2, 0.25) is 0 Å². The molecular formula is C15H20N2O3. The smallest absolute Gasteiger partial charge is 0.326 e. The summed E-state index contributed by atoms with van der Waals surface area (Å²) in [5.74, 6) is -1.11. The lowest BCUT2D eigenvalue weighted by atomic mass is 10.1. The number of aliphatic carboxylic acids is 1. The molecular weight excluding hydrogens is 256 g/mol. The molecule has 0 radical (unpaired) electrons. The molecule has 0 saturated carbocycles. The Kier molecular flexibility index (Phi) is 4.39. The number of nitrogens with zero attached hydrogens (tertiary/aromatic N) is 2. The highest BCUT2D eigenvalue weighted by Gasteiger charge is 2.34. The zero-order valence-electron chi connectivity index (χ0n) is 11.9. The molecule has 1 heterocycles. The second-order valence-electron chi connectivity index (χ2n) is 5.43. The number of hydrogen-bond acceptors (Lipinski definition) is 3. The Bertz CT molecular complexity index is 496. The maximum atomic E-state index is 12.3. The van der Waals surface area contributed by atoms with E-state index in [1.807, 2.05) is 26.2 Å². The lowest BCUT2D eigenvalue weighted by Crippen LogP contribution is -2.40. The second kappa shape index (κ2) is 6.05. The first-order valence-electron chi connectivity index (χ1n) is 6.76. The van der Waals surface area contributed by atoms with E-state index in [9.17, 15) is 9.59 Å². The van der Waals surface area contributed by atoms with E-state index in [0.717, 1.165) is 18.5 Å². The van der Waals surface area contributed by atoms with E-state index in [4.69, 9.17) is 5.11 Å². The van der Waals surface area contributed by atoms with Gasteiger partial charge in [0.2, 0.25) is 0 Å². The van der Waals surface area contributed by atoms with E-state index in [1.165, 1.54) is 4.90 Å². The number of carbonyl (C=O) groups is 2. The van der Waals surface area contributed by atoms with E-state index in [0.29, 0.717) is 18.5 Å². The summed E-state index contributed by atoms with van der Waals surface area (Å²) in [4.78, 5) is 27.0. The van der Waals surface area contributed by atoms with Crippen LogP contribution < -0.4 is 0 Å². The van der Waals surface area contributed by atoms with E-state index < -0.39 is 12.0 Å². The van der Waals surface area contributed by atoms with Gasteiger partial charge in [0, 0.05) is 18.7 Å². The third-order valence-electron chi connectivity index (χ3n) is 3.50. The Morgan fingerprint density at radius 2 is 1.95 bits per heavy atom. The summed E-state index contributed by atoms with van der Waals surface area (Å²) in [5, 5.41) is 9.12. The molecule has 1 atom stereocenters. The van der Waals surface area contributed by atoms with Crippen molar-refractivity contribution in [1.29, 1.82) is 0 Å². The van der Waals surface area contributed by atoms with Crippen molar-refractivity contribution in [3.05, 3.63) is 35.4 Å². The third-order valence-corrected chi connectivity index (χ3v) is 3.50. The maximum absolute atomic E-state index is 12.3. The van der Waals surface area contributed by atoms with Gasteiger partial charge in [0.15, 0.2) is 0 Å². The largest absolute Gasteiger partial charge is 0.480 e. The Balaban J connectivity index is 2.11. The van der Waals surface area contributed by atoms with Gasteiger partial charge in [-0.15, -0.1) is 0 Å². The molecule has 20 heavy (non-hydrogen) atoms. The van der Waals surface area contributed by atoms with Gasteiger partial charge in [-0.2, -0.15) is 0 Å². The Hall–Kier alpha value is -1.88. The quantitative estimate of drug-likeness (QED) is 0.904. The fraction of sp³-hybridized carbons (Fsp3) is 0.467. The summed E-state index contributed by atoms with van der Waals surface area (Å²) in [6.07, 6.45) is 1.29. The molecule has 0 unspecified atom stereocenters. The lowest BCUT2D eigenvalue weighted by Gasteiger charge is -2.21. The Morgan fingerprint density at radius 1 is 1.30 bits per heavy atom. The normalized spacial score (nSPS) is 18.6. The summed E-state index contributed by atoms with van der Waals surface area (Å²) in [6.45, 7) is 1.34. The highest BCUT2D eigenvalue weighted by Crippen LogP contribution is 2.20. The Morgan fingerprint density at radius 3 is 2.50 bits per heavy atom. The lowest BCUT2D eigenvalue weighted by molar-refractivity contribution is -0.141. The highest BCUT2D eigenvalue weighted by atomic mass is 16.4. The van der Waals surface area contributed by atoms with Crippen LogP contribution in [0.25, 0.3) is 0 Å². The minimum absolute atomic E-state index is 0.189. The molecule has 1 amide bonds. The van der Waals surface area contributed by atoms with Gasteiger partial charge >= 0.3 is 5.97 Å². The highest BCUT2D eigenvalue weighted by molar-refractivity contribution is 5.97. The molecule has 0 aliphatic carbocycles. The first-order chi connectivity index (χ1) is 9.49. The Labute approximate surface area is 118 Å².